The first kappa shape index (κ1) is 15.2. The van der Waals surface area contributed by atoms with E-state index in [2.05, 4.69) is 15.9 Å². The number of esters is 1. The van der Waals surface area contributed by atoms with Gasteiger partial charge in [0.05, 0.1) is 16.1 Å². The third-order valence-corrected chi connectivity index (χ3v) is 3.83. The predicted octanol–water partition coefficient (Wildman–Crippen LogP) is 4.34. The van der Waals surface area contributed by atoms with Crippen LogP contribution in [0.1, 0.15) is 11.1 Å². The average molecular weight is 372 g/mol. The maximum absolute atomic E-state index is 12.0. The van der Waals surface area contributed by atoms with Crippen LogP contribution in [0, 0.1) is 10.1 Å². The Hall–Kier alpha value is -2.73. The molecular weight excluding hydrogens is 362 g/mol. The van der Waals surface area contributed by atoms with E-state index in [0.717, 1.165) is 10.0 Å². The number of hydrogen-bond acceptors (Lipinski definition) is 4. The second-order valence-corrected chi connectivity index (χ2v) is 5.74. The van der Waals surface area contributed by atoms with Crippen molar-refractivity contribution in [1.29, 1.82) is 0 Å². The maximum Gasteiger partial charge on any atom is 0.343 e. The molecule has 1 heterocycles. The SMILES string of the molecule is O=C1OC(c2ccc(Br)cc2)=C/C1=C/c1ccccc1[N+](=O)[O-]. The Labute approximate surface area is 140 Å². The van der Waals surface area contributed by atoms with E-state index in [-0.39, 0.29) is 11.3 Å². The summed E-state index contributed by atoms with van der Waals surface area (Å²) in [4.78, 5) is 22.5. The Morgan fingerprint density at radius 1 is 1.09 bits per heavy atom. The molecule has 6 heteroatoms. The van der Waals surface area contributed by atoms with Crippen molar-refractivity contribution in [2.45, 2.75) is 0 Å². The standard InChI is InChI=1S/C17H10BrNO4/c18-14-7-5-11(6-8-14)16-10-13(17(20)23-16)9-12-3-1-2-4-15(12)19(21)22/h1-10H/b13-9-. The van der Waals surface area contributed by atoms with Crippen LogP contribution in [-0.4, -0.2) is 10.9 Å². The monoisotopic (exact) mass is 371 g/mol. The molecule has 3 rings (SSSR count). The van der Waals surface area contributed by atoms with Gasteiger partial charge in [-0.15, -0.1) is 0 Å². The molecule has 0 N–H and O–H groups in total. The molecule has 23 heavy (non-hydrogen) atoms. The molecule has 5 nitrogen and oxygen atoms in total. The van der Waals surface area contributed by atoms with Crippen LogP contribution in [0.15, 0.2) is 64.7 Å². The summed E-state index contributed by atoms with van der Waals surface area (Å²) >= 11 is 3.34. The van der Waals surface area contributed by atoms with Crippen LogP contribution in [0.2, 0.25) is 0 Å². The van der Waals surface area contributed by atoms with Crippen LogP contribution in [-0.2, 0) is 9.53 Å². The van der Waals surface area contributed by atoms with Gasteiger partial charge in [-0.25, -0.2) is 4.79 Å². The fourth-order valence-electron chi connectivity index (χ4n) is 2.19. The van der Waals surface area contributed by atoms with Crippen LogP contribution >= 0.6 is 15.9 Å². The van der Waals surface area contributed by atoms with Crippen LogP contribution in [0.3, 0.4) is 0 Å². The number of nitro benzene ring substituents is 1. The van der Waals surface area contributed by atoms with Crippen molar-refractivity contribution >= 4 is 39.4 Å². The number of carbonyl (C=O) groups excluding carboxylic acids is 1. The number of hydrogen-bond donors (Lipinski definition) is 0. The number of benzene rings is 2. The zero-order valence-electron chi connectivity index (χ0n) is 11.7. The topological polar surface area (TPSA) is 69.4 Å². The van der Waals surface area contributed by atoms with Gasteiger partial charge >= 0.3 is 5.97 Å². The highest BCUT2D eigenvalue weighted by molar-refractivity contribution is 9.10. The maximum atomic E-state index is 12.0. The Bertz CT molecular complexity index is 853. The number of cyclic esters (lactones) is 1. The number of carbonyl (C=O) groups is 1. The summed E-state index contributed by atoms with van der Waals surface area (Å²) in [5.41, 5.74) is 1.33. The van der Waals surface area contributed by atoms with Crippen molar-refractivity contribution in [3.05, 3.63) is 85.9 Å². The van der Waals surface area contributed by atoms with Gasteiger partial charge in [-0.3, -0.25) is 10.1 Å². The molecule has 0 amide bonds. The Morgan fingerprint density at radius 2 is 1.78 bits per heavy atom. The van der Waals surface area contributed by atoms with Gasteiger partial charge in [0.2, 0.25) is 0 Å². The van der Waals surface area contributed by atoms with Crippen molar-refractivity contribution in [2.24, 2.45) is 0 Å². The number of ether oxygens (including phenoxy) is 1. The molecule has 2 aromatic rings. The Morgan fingerprint density at radius 3 is 2.48 bits per heavy atom. The summed E-state index contributed by atoms with van der Waals surface area (Å²) in [5, 5.41) is 11.0. The van der Waals surface area contributed by atoms with Gasteiger partial charge in [-0.2, -0.15) is 0 Å². The minimum atomic E-state index is -0.527. The molecule has 0 aliphatic carbocycles. The van der Waals surface area contributed by atoms with E-state index in [1.807, 2.05) is 24.3 Å². The van der Waals surface area contributed by atoms with Gasteiger partial charge in [-0.1, -0.05) is 40.2 Å². The van der Waals surface area contributed by atoms with E-state index in [1.165, 1.54) is 12.1 Å². The van der Waals surface area contributed by atoms with E-state index >= 15 is 0 Å². The van der Waals surface area contributed by atoms with Crippen molar-refractivity contribution in [3.63, 3.8) is 0 Å². The second kappa shape index (κ2) is 6.18. The fourth-order valence-corrected chi connectivity index (χ4v) is 2.45. The molecule has 0 bridgehead atoms. The average Bonchev–Trinajstić information content (AvgIpc) is 2.89. The predicted molar refractivity (Wildman–Crippen MR) is 89.3 cm³/mol. The molecule has 0 saturated carbocycles. The summed E-state index contributed by atoms with van der Waals surface area (Å²) in [5.74, 6) is -0.103. The Balaban J connectivity index is 1.99. The first-order chi connectivity index (χ1) is 11.0. The van der Waals surface area contributed by atoms with Gasteiger partial charge < -0.3 is 4.74 Å². The summed E-state index contributed by atoms with van der Waals surface area (Å²) in [6, 6.07) is 13.6. The van der Waals surface area contributed by atoms with E-state index in [1.54, 1.807) is 24.3 Å². The second-order valence-electron chi connectivity index (χ2n) is 4.82. The molecule has 0 spiro atoms. The molecule has 2 aromatic carbocycles. The minimum absolute atomic E-state index is 0.0571. The van der Waals surface area contributed by atoms with E-state index in [9.17, 15) is 14.9 Å². The quantitative estimate of drug-likeness (QED) is 0.348. The smallest absolute Gasteiger partial charge is 0.343 e. The van der Waals surface area contributed by atoms with E-state index in [0.29, 0.717) is 11.3 Å². The van der Waals surface area contributed by atoms with Crippen molar-refractivity contribution in [2.75, 3.05) is 0 Å². The molecule has 1 aliphatic heterocycles. The number of halogens is 1. The third kappa shape index (κ3) is 3.22. The van der Waals surface area contributed by atoms with Crippen LogP contribution in [0.4, 0.5) is 5.69 Å². The van der Waals surface area contributed by atoms with Crippen molar-refractivity contribution in [1.82, 2.24) is 0 Å². The zero-order chi connectivity index (χ0) is 16.4. The molecule has 0 aromatic heterocycles. The van der Waals surface area contributed by atoms with Crippen molar-refractivity contribution in [3.8, 4) is 0 Å². The molecular formula is C17H10BrNO4. The minimum Gasteiger partial charge on any atom is -0.422 e. The largest absolute Gasteiger partial charge is 0.422 e. The van der Waals surface area contributed by atoms with Gasteiger partial charge in [0.1, 0.15) is 5.76 Å². The molecule has 0 fully saturated rings. The summed E-state index contributed by atoms with van der Waals surface area (Å²) in [6.45, 7) is 0. The van der Waals surface area contributed by atoms with E-state index < -0.39 is 10.9 Å². The lowest BCUT2D eigenvalue weighted by Gasteiger charge is -2.01. The fraction of sp³-hybridized carbons (Fsp3) is 0. The lowest BCUT2D eigenvalue weighted by Crippen LogP contribution is -1.98. The lowest BCUT2D eigenvalue weighted by molar-refractivity contribution is -0.385. The first-order valence-corrected chi connectivity index (χ1v) is 7.49. The van der Waals surface area contributed by atoms with Gasteiger partial charge in [0.25, 0.3) is 5.69 Å². The van der Waals surface area contributed by atoms with Crippen molar-refractivity contribution < 1.29 is 14.5 Å². The number of para-hydroxylation sites is 1. The van der Waals surface area contributed by atoms with Gasteiger partial charge in [0, 0.05) is 16.1 Å². The normalized spacial score (nSPS) is 15.4. The lowest BCUT2D eigenvalue weighted by atomic mass is 10.1. The molecule has 1 aliphatic rings. The van der Waals surface area contributed by atoms with Crippen LogP contribution in [0.5, 0.6) is 0 Å². The summed E-state index contributed by atoms with van der Waals surface area (Å²) in [6.07, 6.45) is 3.05. The molecule has 0 radical (unpaired) electrons. The van der Waals surface area contributed by atoms with Gasteiger partial charge in [-0.05, 0) is 30.4 Å². The molecule has 0 atom stereocenters. The number of nitro groups is 1. The highest BCUT2D eigenvalue weighted by Crippen LogP contribution is 2.29. The number of rotatable bonds is 3. The Kier molecular flexibility index (Phi) is 4.08. The third-order valence-electron chi connectivity index (χ3n) is 3.30. The van der Waals surface area contributed by atoms with E-state index in [4.69, 9.17) is 4.74 Å². The molecule has 0 saturated heterocycles. The number of nitrogens with zero attached hydrogens (tertiary/aromatic N) is 1. The van der Waals surface area contributed by atoms with Crippen LogP contribution < -0.4 is 0 Å². The molecule has 0 unspecified atom stereocenters. The molecule has 114 valence electrons. The zero-order valence-corrected chi connectivity index (χ0v) is 13.3. The summed E-state index contributed by atoms with van der Waals surface area (Å²) < 4.78 is 6.16. The van der Waals surface area contributed by atoms with Crippen LogP contribution in [0.25, 0.3) is 11.8 Å². The highest BCUT2D eigenvalue weighted by Gasteiger charge is 2.23. The van der Waals surface area contributed by atoms with Gasteiger partial charge in [0.15, 0.2) is 0 Å². The highest BCUT2D eigenvalue weighted by atomic mass is 79.9. The first-order valence-electron chi connectivity index (χ1n) is 6.69. The summed E-state index contributed by atoms with van der Waals surface area (Å²) in [7, 11) is 0.